The number of benzene rings is 2. The summed E-state index contributed by atoms with van der Waals surface area (Å²) in [7, 11) is 0. The second-order valence-electron chi connectivity index (χ2n) is 9.14. The molecule has 6 nitrogen and oxygen atoms in total. The molecule has 3 aromatic rings. The highest BCUT2D eigenvalue weighted by molar-refractivity contribution is 5.92. The van der Waals surface area contributed by atoms with Gasteiger partial charge in [0.2, 0.25) is 0 Å². The van der Waals surface area contributed by atoms with E-state index in [4.69, 9.17) is 9.72 Å². The van der Waals surface area contributed by atoms with Crippen LogP contribution in [-0.2, 0) is 16.0 Å². The number of hydrogen-bond acceptors (Lipinski definition) is 6. The van der Waals surface area contributed by atoms with E-state index in [0.29, 0.717) is 12.6 Å². The van der Waals surface area contributed by atoms with Crippen molar-refractivity contribution >= 4 is 28.6 Å². The van der Waals surface area contributed by atoms with Gasteiger partial charge in [0, 0.05) is 61.2 Å². The van der Waals surface area contributed by atoms with Crippen LogP contribution >= 0.6 is 0 Å². The maximum absolute atomic E-state index is 11.3. The normalized spacial score (nSPS) is 21.6. The van der Waals surface area contributed by atoms with Crippen molar-refractivity contribution in [2.45, 2.75) is 32.5 Å². The number of carbonyl (C=O) groups excluding carboxylic acids is 1. The molecular formula is C27H32N4O2. The Bertz CT molecular complexity index is 1130. The van der Waals surface area contributed by atoms with E-state index in [2.05, 4.69) is 71.3 Å². The highest BCUT2D eigenvalue weighted by atomic mass is 16.5. The van der Waals surface area contributed by atoms with Crippen LogP contribution < -0.4 is 9.80 Å². The number of nitrogens with zero attached hydrogens (tertiary/aromatic N) is 4. The first-order valence-corrected chi connectivity index (χ1v) is 11.9. The van der Waals surface area contributed by atoms with Gasteiger partial charge < -0.3 is 14.5 Å². The minimum atomic E-state index is -0.457. The van der Waals surface area contributed by atoms with Crippen molar-refractivity contribution in [3.63, 3.8) is 0 Å². The first-order chi connectivity index (χ1) is 16.1. The van der Waals surface area contributed by atoms with Gasteiger partial charge in [-0.3, -0.25) is 14.7 Å². The van der Waals surface area contributed by atoms with Crippen molar-refractivity contribution in [2.75, 3.05) is 49.1 Å². The number of pyridine rings is 1. The van der Waals surface area contributed by atoms with Gasteiger partial charge in [-0.1, -0.05) is 18.2 Å². The van der Waals surface area contributed by atoms with E-state index in [1.807, 2.05) is 11.8 Å². The van der Waals surface area contributed by atoms with E-state index in [1.165, 1.54) is 16.6 Å². The van der Waals surface area contributed by atoms with Gasteiger partial charge in [-0.2, -0.15) is 0 Å². The van der Waals surface area contributed by atoms with Gasteiger partial charge in [0.1, 0.15) is 0 Å². The molecule has 0 bridgehead atoms. The van der Waals surface area contributed by atoms with Crippen molar-refractivity contribution in [1.82, 2.24) is 9.88 Å². The van der Waals surface area contributed by atoms with Gasteiger partial charge in [0.25, 0.3) is 0 Å². The van der Waals surface area contributed by atoms with Crippen molar-refractivity contribution < 1.29 is 9.53 Å². The summed E-state index contributed by atoms with van der Waals surface area (Å²) in [6.07, 6.45) is 1.42. The van der Waals surface area contributed by atoms with Crippen LogP contribution in [0.15, 0.2) is 54.6 Å². The molecule has 0 radical (unpaired) electrons. The fourth-order valence-corrected chi connectivity index (χ4v) is 5.10. The molecule has 0 N–H and O–H groups in total. The largest absolute Gasteiger partial charge is 0.368 e. The van der Waals surface area contributed by atoms with Gasteiger partial charge >= 0.3 is 0 Å². The number of aldehydes is 1. The Kier molecular flexibility index (Phi) is 6.29. The summed E-state index contributed by atoms with van der Waals surface area (Å²) in [5, 5.41) is 1.24. The SMILES string of the molecule is Cc1ccc2c(N3CCN(CCc4cccc(N5CCOC5C=O)c4)[C@H](C)C3)cccc2n1. The molecule has 2 aliphatic rings. The molecule has 172 valence electrons. The molecule has 0 amide bonds. The number of hydrogen-bond donors (Lipinski definition) is 0. The second-order valence-corrected chi connectivity index (χ2v) is 9.14. The van der Waals surface area contributed by atoms with Crippen LogP contribution in [0.2, 0.25) is 0 Å². The lowest BCUT2D eigenvalue weighted by atomic mass is 10.1. The van der Waals surface area contributed by atoms with Crippen LogP contribution in [0.4, 0.5) is 11.4 Å². The van der Waals surface area contributed by atoms with E-state index in [0.717, 1.165) is 62.3 Å². The quantitative estimate of drug-likeness (QED) is 0.541. The first-order valence-electron chi connectivity index (χ1n) is 11.9. The number of carbonyl (C=O) groups is 1. The molecule has 1 aromatic heterocycles. The summed E-state index contributed by atoms with van der Waals surface area (Å²) in [5.41, 5.74) is 5.79. The van der Waals surface area contributed by atoms with Crippen LogP contribution in [0.3, 0.4) is 0 Å². The number of aryl methyl sites for hydroxylation is 1. The van der Waals surface area contributed by atoms with Gasteiger partial charge in [0.05, 0.1) is 12.1 Å². The molecule has 33 heavy (non-hydrogen) atoms. The Labute approximate surface area is 195 Å². The molecule has 0 saturated carbocycles. The molecule has 3 heterocycles. The Hall–Kier alpha value is -2.96. The molecule has 2 aliphatic heterocycles. The van der Waals surface area contributed by atoms with Gasteiger partial charge in [-0.05, 0) is 62.2 Å². The lowest BCUT2D eigenvalue weighted by Crippen LogP contribution is -2.52. The fourth-order valence-electron chi connectivity index (χ4n) is 5.10. The third kappa shape index (κ3) is 4.59. The molecule has 2 saturated heterocycles. The highest BCUT2D eigenvalue weighted by Crippen LogP contribution is 2.28. The zero-order valence-corrected chi connectivity index (χ0v) is 19.5. The molecular weight excluding hydrogens is 412 g/mol. The van der Waals surface area contributed by atoms with Crippen molar-refractivity contribution in [1.29, 1.82) is 0 Å². The topological polar surface area (TPSA) is 48.9 Å². The van der Waals surface area contributed by atoms with Crippen LogP contribution in [0.5, 0.6) is 0 Å². The lowest BCUT2D eigenvalue weighted by molar-refractivity contribution is -0.115. The van der Waals surface area contributed by atoms with E-state index in [1.54, 1.807) is 0 Å². The van der Waals surface area contributed by atoms with Crippen molar-refractivity contribution in [3.8, 4) is 0 Å². The van der Waals surface area contributed by atoms with Crippen LogP contribution in [0.25, 0.3) is 10.9 Å². The Morgan fingerprint density at radius 3 is 2.82 bits per heavy atom. The maximum Gasteiger partial charge on any atom is 0.186 e. The fraction of sp³-hybridized carbons (Fsp3) is 0.407. The van der Waals surface area contributed by atoms with Gasteiger partial charge in [-0.15, -0.1) is 0 Å². The lowest BCUT2D eigenvalue weighted by Gasteiger charge is -2.41. The minimum absolute atomic E-state index is 0.457. The van der Waals surface area contributed by atoms with Crippen LogP contribution in [0.1, 0.15) is 18.2 Å². The highest BCUT2D eigenvalue weighted by Gasteiger charge is 2.26. The predicted molar refractivity (Wildman–Crippen MR) is 133 cm³/mol. The first kappa shape index (κ1) is 21.9. The number of anilines is 2. The average Bonchev–Trinajstić information content (AvgIpc) is 3.32. The summed E-state index contributed by atoms with van der Waals surface area (Å²) >= 11 is 0. The standard InChI is InChI=1S/C27H32N4O2/c1-20-9-10-24-25(28-20)7-4-8-26(24)30-14-13-29(21(2)18-30)12-11-22-5-3-6-23(17-22)31-15-16-33-27(31)19-32/h3-10,17,19,21,27H,11-16,18H2,1-2H3/t21-,27?/m1/s1. The summed E-state index contributed by atoms with van der Waals surface area (Å²) in [6.45, 7) is 9.83. The second kappa shape index (κ2) is 9.49. The zero-order valence-electron chi connectivity index (χ0n) is 19.5. The van der Waals surface area contributed by atoms with Gasteiger partial charge in [-0.25, -0.2) is 0 Å². The smallest absolute Gasteiger partial charge is 0.186 e. The third-order valence-corrected chi connectivity index (χ3v) is 6.93. The zero-order chi connectivity index (χ0) is 22.8. The Morgan fingerprint density at radius 1 is 1.09 bits per heavy atom. The van der Waals surface area contributed by atoms with E-state index >= 15 is 0 Å². The Morgan fingerprint density at radius 2 is 1.97 bits per heavy atom. The van der Waals surface area contributed by atoms with E-state index in [9.17, 15) is 4.79 Å². The molecule has 2 aromatic carbocycles. The molecule has 0 spiro atoms. The van der Waals surface area contributed by atoms with Crippen molar-refractivity contribution in [3.05, 3.63) is 65.9 Å². The predicted octanol–water partition coefficient (Wildman–Crippen LogP) is 3.66. The Balaban J connectivity index is 1.22. The number of rotatable bonds is 6. The average molecular weight is 445 g/mol. The summed E-state index contributed by atoms with van der Waals surface area (Å²) < 4.78 is 5.50. The molecule has 2 fully saturated rings. The number of piperazine rings is 1. The monoisotopic (exact) mass is 444 g/mol. The van der Waals surface area contributed by atoms with Crippen LogP contribution in [-0.4, -0.2) is 67.8 Å². The minimum Gasteiger partial charge on any atom is -0.368 e. The van der Waals surface area contributed by atoms with Gasteiger partial charge in [0.15, 0.2) is 12.5 Å². The molecule has 0 aliphatic carbocycles. The van der Waals surface area contributed by atoms with E-state index < -0.39 is 6.23 Å². The number of fused-ring (bicyclic) bond motifs is 1. The summed E-state index contributed by atoms with van der Waals surface area (Å²) in [5.74, 6) is 0. The molecule has 6 heteroatoms. The summed E-state index contributed by atoms with van der Waals surface area (Å²) in [6, 6.07) is 19.8. The third-order valence-electron chi connectivity index (χ3n) is 6.93. The van der Waals surface area contributed by atoms with E-state index in [-0.39, 0.29) is 0 Å². The molecule has 2 atom stereocenters. The molecule has 1 unspecified atom stereocenters. The van der Waals surface area contributed by atoms with Crippen molar-refractivity contribution in [2.24, 2.45) is 0 Å². The molecule has 5 rings (SSSR count). The number of aromatic nitrogens is 1. The maximum atomic E-state index is 11.3. The summed E-state index contributed by atoms with van der Waals surface area (Å²) in [4.78, 5) is 23.1. The number of ether oxygens (including phenoxy) is 1. The van der Waals surface area contributed by atoms with Crippen LogP contribution in [0, 0.1) is 6.92 Å².